The molecular formula is C54H88BaN2O8. The van der Waals surface area contributed by atoms with Crippen molar-refractivity contribution in [2.75, 3.05) is 0 Å². The first kappa shape index (κ1) is 62.5. The molecule has 2 aromatic carbocycles. The molecule has 0 unspecified atom stereocenters. The van der Waals surface area contributed by atoms with Gasteiger partial charge in [-0.15, -0.1) is 0 Å². The van der Waals surface area contributed by atoms with Crippen LogP contribution in [0.2, 0.25) is 0 Å². The van der Waals surface area contributed by atoms with E-state index in [1.807, 2.05) is 0 Å². The molecule has 0 saturated carbocycles. The van der Waals surface area contributed by atoms with Crippen molar-refractivity contribution in [1.82, 2.24) is 10.6 Å². The zero-order valence-corrected chi connectivity index (χ0v) is 45.3. The SMILES string of the molecule is CCCCCCCCCCCCCCCCCC(=O)N[C@@H](Cc1ccc(O)cc1)C(=O)[O-].CCCCCCCCCCCCCCCCCC(=O)N[C@@H](Cc1ccc(O)cc1)C(=O)[O-].[Ba+2]. The van der Waals surface area contributed by atoms with E-state index in [-0.39, 0.29) is 85.0 Å². The summed E-state index contributed by atoms with van der Waals surface area (Å²) >= 11 is 0. The number of amides is 2. The van der Waals surface area contributed by atoms with Gasteiger partial charge in [-0.05, 0) is 61.1 Å². The molecular weight excluding hydrogens is 942 g/mol. The van der Waals surface area contributed by atoms with E-state index in [0.717, 1.165) is 49.7 Å². The fraction of sp³-hybridized carbons (Fsp3) is 0.704. The quantitative estimate of drug-likeness (QED) is 0.0376. The van der Waals surface area contributed by atoms with Gasteiger partial charge in [0.25, 0.3) is 0 Å². The van der Waals surface area contributed by atoms with Crippen LogP contribution < -0.4 is 20.8 Å². The van der Waals surface area contributed by atoms with Crippen LogP contribution in [0.4, 0.5) is 0 Å². The van der Waals surface area contributed by atoms with E-state index in [2.05, 4.69) is 24.5 Å². The standard InChI is InChI=1S/2C27H45NO4.Ba/c2*1-2-3-4-5-6-7-8-9-10-11-12-13-14-15-16-17-26(30)28-25(27(31)32)22-23-18-20-24(29)21-19-23;/h2*18-21,25,29H,2-17,22H2,1H3,(H,28,30)(H,31,32);/q;;+2/p-2/t2*25-;/m00./s1. The number of carboxylic acid groups (broad SMARTS) is 2. The Hall–Kier alpha value is -2.51. The van der Waals surface area contributed by atoms with Crippen molar-refractivity contribution in [2.24, 2.45) is 0 Å². The van der Waals surface area contributed by atoms with Gasteiger partial charge < -0.3 is 40.6 Å². The zero-order valence-electron chi connectivity index (χ0n) is 40.9. The Labute approximate surface area is 434 Å². The van der Waals surface area contributed by atoms with Crippen LogP contribution in [0.25, 0.3) is 0 Å². The first-order valence-electron chi connectivity index (χ1n) is 25.6. The van der Waals surface area contributed by atoms with Gasteiger partial charge in [0.05, 0.1) is 24.0 Å². The first-order chi connectivity index (χ1) is 31.0. The number of carbonyl (C=O) groups is 4. The van der Waals surface area contributed by atoms with Crippen LogP contribution in [-0.4, -0.2) is 94.9 Å². The summed E-state index contributed by atoms with van der Waals surface area (Å²) in [4.78, 5) is 46.9. The maximum absolute atomic E-state index is 12.1. The number of phenols is 2. The summed E-state index contributed by atoms with van der Waals surface area (Å²) in [6.45, 7) is 4.52. The predicted molar refractivity (Wildman–Crippen MR) is 262 cm³/mol. The minimum absolute atomic E-state index is 0. The van der Waals surface area contributed by atoms with Gasteiger partial charge in [0.2, 0.25) is 11.8 Å². The smallest absolute Gasteiger partial charge is 0.548 e. The molecule has 0 fully saturated rings. The number of aromatic hydroxyl groups is 2. The van der Waals surface area contributed by atoms with Gasteiger partial charge in [-0.25, -0.2) is 0 Å². The number of nitrogens with one attached hydrogen (secondary N) is 2. The van der Waals surface area contributed by atoms with E-state index < -0.39 is 24.0 Å². The summed E-state index contributed by atoms with van der Waals surface area (Å²) in [6.07, 6.45) is 39.1. The van der Waals surface area contributed by atoms with E-state index in [1.165, 1.54) is 178 Å². The third-order valence-electron chi connectivity index (χ3n) is 12.0. The summed E-state index contributed by atoms with van der Waals surface area (Å²) in [7, 11) is 0. The molecule has 0 heterocycles. The van der Waals surface area contributed by atoms with Crippen molar-refractivity contribution in [3.63, 3.8) is 0 Å². The number of aliphatic carboxylic acids is 2. The molecule has 65 heavy (non-hydrogen) atoms. The Bertz CT molecular complexity index is 1350. The molecule has 0 aromatic heterocycles. The molecule has 2 aromatic rings. The predicted octanol–water partition coefficient (Wildman–Crippen LogP) is 10.5. The summed E-state index contributed by atoms with van der Waals surface area (Å²) in [5.74, 6) is -2.82. The number of carboxylic acids is 2. The van der Waals surface area contributed by atoms with Crippen molar-refractivity contribution in [2.45, 2.75) is 244 Å². The van der Waals surface area contributed by atoms with Gasteiger partial charge in [-0.2, -0.15) is 0 Å². The molecule has 0 saturated heterocycles. The van der Waals surface area contributed by atoms with Crippen LogP contribution in [-0.2, 0) is 32.0 Å². The van der Waals surface area contributed by atoms with E-state index in [0.29, 0.717) is 12.8 Å². The van der Waals surface area contributed by atoms with E-state index >= 15 is 0 Å². The summed E-state index contributed by atoms with van der Waals surface area (Å²) < 4.78 is 0. The van der Waals surface area contributed by atoms with Gasteiger partial charge in [0, 0.05) is 12.8 Å². The molecule has 11 heteroatoms. The normalized spacial score (nSPS) is 11.7. The van der Waals surface area contributed by atoms with Gasteiger partial charge >= 0.3 is 48.9 Å². The van der Waals surface area contributed by atoms with E-state index in [4.69, 9.17) is 0 Å². The summed E-state index contributed by atoms with van der Waals surface area (Å²) in [6, 6.07) is 10.5. The average molecular weight is 1030 g/mol. The van der Waals surface area contributed by atoms with Gasteiger partial charge in [0.1, 0.15) is 11.5 Å². The van der Waals surface area contributed by atoms with Crippen molar-refractivity contribution < 1.29 is 39.6 Å². The molecule has 0 spiro atoms. The number of unbranched alkanes of at least 4 members (excludes halogenated alkanes) is 28. The first-order valence-corrected chi connectivity index (χ1v) is 25.6. The minimum atomic E-state index is -1.29. The molecule has 10 nitrogen and oxygen atoms in total. The number of hydrogen-bond acceptors (Lipinski definition) is 8. The summed E-state index contributed by atoms with van der Waals surface area (Å²) in [5.41, 5.74) is 1.45. The number of carbonyl (C=O) groups excluding carboxylic acids is 4. The second-order valence-corrected chi connectivity index (χ2v) is 18.0. The fourth-order valence-corrected chi connectivity index (χ4v) is 7.97. The number of phenolic OH excluding ortho intramolecular Hbond substituents is 2. The molecule has 0 aliphatic heterocycles. The van der Waals surface area contributed by atoms with Gasteiger partial charge in [-0.1, -0.05) is 218 Å². The van der Waals surface area contributed by atoms with Crippen LogP contribution in [0.5, 0.6) is 11.5 Å². The molecule has 0 aliphatic rings. The Balaban J connectivity index is 0.00000124. The maximum Gasteiger partial charge on any atom is 2.00 e. The molecule has 0 bridgehead atoms. The number of benzene rings is 2. The Kier molecular flexibility index (Phi) is 42.3. The Morgan fingerprint density at radius 1 is 0.400 bits per heavy atom. The van der Waals surface area contributed by atoms with Crippen LogP contribution >= 0.6 is 0 Å². The largest absolute Gasteiger partial charge is 2.00 e. The second kappa shape index (κ2) is 44.0. The number of hydrogen-bond donors (Lipinski definition) is 4. The number of rotatable bonds is 40. The van der Waals surface area contributed by atoms with E-state index in [9.17, 15) is 39.6 Å². The zero-order chi connectivity index (χ0) is 46.9. The van der Waals surface area contributed by atoms with E-state index in [1.54, 1.807) is 24.3 Å². The third-order valence-corrected chi connectivity index (χ3v) is 12.0. The second-order valence-electron chi connectivity index (χ2n) is 18.0. The van der Waals surface area contributed by atoms with Crippen LogP contribution in [0.1, 0.15) is 230 Å². The monoisotopic (exact) mass is 1030 g/mol. The molecule has 2 amide bonds. The van der Waals surface area contributed by atoms with Crippen LogP contribution in [0.3, 0.4) is 0 Å². The molecule has 364 valence electrons. The minimum Gasteiger partial charge on any atom is -0.548 e. The Morgan fingerprint density at radius 2 is 0.615 bits per heavy atom. The molecule has 4 N–H and O–H groups in total. The molecule has 2 atom stereocenters. The Morgan fingerprint density at radius 3 is 0.831 bits per heavy atom. The van der Waals surface area contributed by atoms with Crippen molar-refractivity contribution in [1.29, 1.82) is 0 Å². The third kappa shape index (κ3) is 38.2. The van der Waals surface area contributed by atoms with Gasteiger partial charge in [-0.3, -0.25) is 9.59 Å². The fourth-order valence-electron chi connectivity index (χ4n) is 7.97. The maximum atomic E-state index is 12.1. The average Bonchev–Trinajstić information content (AvgIpc) is 3.27. The molecule has 2 rings (SSSR count). The van der Waals surface area contributed by atoms with Gasteiger partial charge in [0.15, 0.2) is 0 Å². The summed E-state index contributed by atoms with van der Waals surface area (Å²) in [5, 5.41) is 46.4. The molecule has 0 aliphatic carbocycles. The van der Waals surface area contributed by atoms with Crippen molar-refractivity contribution >= 4 is 72.6 Å². The topological polar surface area (TPSA) is 179 Å². The van der Waals surface area contributed by atoms with Crippen molar-refractivity contribution in [3.05, 3.63) is 59.7 Å². The molecule has 0 radical (unpaired) electrons. The van der Waals surface area contributed by atoms with Crippen LogP contribution in [0.15, 0.2) is 48.5 Å². The van der Waals surface area contributed by atoms with Crippen molar-refractivity contribution in [3.8, 4) is 11.5 Å². The van der Waals surface area contributed by atoms with Crippen LogP contribution in [0, 0.1) is 0 Å².